The highest BCUT2D eigenvalue weighted by Gasteiger charge is 2.16. The molecule has 0 radical (unpaired) electrons. The van der Waals surface area contributed by atoms with Crippen LogP contribution in [0.4, 0.5) is 0 Å². The summed E-state index contributed by atoms with van der Waals surface area (Å²) in [7, 11) is 0. The number of rotatable bonds is 2. The van der Waals surface area contributed by atoms with Gasteiger partial charge in [0.05, 0.1) is 16.9 Å². The van der Waals surface area contributed by atoms with Crippen LogP contribution in [0.25, 0.3) is 5.69 Å². The third kappa shape index (κ3) is 2.38. The van der Waals surface area contributed by atoms with Gasteiger partial charge in [-0.15, -0.1) is 0 Å². The SMILES string of the molecule is Cc1nn(-c2ccc(C(C)(C)C)cc2)c(O)c1C=O. The molecule has 0 bridgehead atoms. The van der Waals surface area contributed by atoms with E-state index in [1.807, 2.05) is 24.3 Å². The first-order chi connectivity index (χ1) is 8.84. The summed E-state index contributed by atoms with van der Waals surface area (Å²) in [5, 5.41) is 14.1. The molecular weight excluding hydrogens is 240 g/mol. The Morgan fingerprint density at radius 2 is 1.79 bits per heavy atom. The molecule has 4 nitrogen and oxygen atoms in total. The lowest BCUT2D eigenvalue weighted by atomic mass is 9.87. The lowest BCUT2D eigenvalue weighted by Gasteiger charge is -2.19. The summed E-state index contributed by atoms with van der Waals surface area (Å²) in [6.45, 7) is 8.12. The van der Waals surface area contributed by atoms with E-state index in [0.717, 1.165) is 5.69 Å². The Kier molecular flexibility index (Phi) is 3.18. The zero-order chi connectivity index (χ0) is 14.2. The highest BCUT2D eigenvalue weighted by molar-refractivity contribution is 5.80. The molecule has 0 fully saturated rings. The normalized spacial score (nSPS) is 11.6. The van der Waals surface area contributed by atoms with Crippen molar-refractivity contribution in [2.24, 2.45) is 0 Å². The fourth-order valence-corrected chi connectivity index (χ4v) is 1.95. The van der Waals surface area contributed by atoms with Gasteiger partial charge in [-0.3, -0.25) is 4.79 Å². The number of aryl methyl sites for hydroxylation is 1. The Bertz CT molecular complexity index is 604. The molecule has 1 aromatic heterocycles. The number of aldehydes is 1. The first-order valence-electron chi connectivity index (χ1n) is 6.19. The largest absolute Gasteiger partial charge is 0.493 e. The lowest BCUT2D eigenvalue weighted by molar-refractivity contribution is 0.112. The van der Waals surface area contributed by atoms with E-state index in [1.165, 1.54) is 10.2 Å². The Morgan fingerprint density at radius 1 is 1.21 bits per heavy atom. The molecule has 1 aromatic carbocycles. The number of benzene rings is 1. The van der Waals surface area contributed by atoms with Crippen molar-refractivity contribution in [1.29, 1.82) is 0 Å². The van der Waals surface area contributed by atoms with Crippen LogP contribution < -0.4 is 0 Å². The number of hydrogen-bond acceptors (Lipinski definition) is 3. The highest BCUT2D eigenvalue weighted by Crippen LogP contribution is 2.26. The third-order valence-electron chi connectivity index (χ3n) is 3.18. The van der Waals surface area contributed by atoms with Crippen molar-refractivity contribution in [3.8, 4) is 11.6 Å². The standard InChI is InChI=1S/C15H18N2O2/c1-10-13(9-18)14(19)17(16-10)12-7-5-11(6-8-12)15(2,3)4/h5-9,19H,1-4H3. The molecule has 2 rings (SSSR count). The molecule has 0 saturated carbocycles. The van der Waals surface area contributed by atoms with Crippen molar-refractivity contribution in [3.63, 3.8) is 0 Å². The predicted molar refractivity (Wildman–Crippen MR) is 74.1 cm³/mol. The zero-order valence-corrected chi connectivity index (χ0v) is 11.6. The second kappa shape index (κ2) is 4.53. The van der Waals surface area contributed by atoms with Gasteiger partial charge in [-0.2, -0.15) is 5.10 Å². The number of nitrogens with zero attached hydrogens (tertiary/aromatic N) is 2. The van der Waals surface area contributed by atoms with Crippen molar-refractivity contribution in [3.05, 3.63) is 41.1 Å². The van der Waals surface area contributed by atoms with Crippen molar-refractivity contribution in [2.75, 3.05) is 0 Å². The van der Waals surface area contributed by atoms with Gasteiger partial charge in [-0.1, -0.05) is 32.9 Å². The molecular formula is C15H18N2O2. The molecule has 0 amide bonds. The van der Waals surface area contributed by atoms with Gasteiger partial charge in [-0.25, -0.2) is 4.68 Å². The molecule has 4 heteroatoms. The number of hydrogen-bond donors (Lipinski definition) is 1. The molecule has 2 aromatic rings. The average Bonchev–Trinajstić information content (AvgIpc) is 2.63. The van der Waals surface area contributed by atoms with Gasteiger partial charge < -0.3 is 5.11 Å². The van der Waals surface area contributed by atoms with E-state index in [1.54, 1.807) is 6.92 Å². The van der Waals surface area contributed by atoms with E-state index in [-0.39, 0.29) is 16.9 Å². The van der Waals surface area contributed by atoms with Crippen molar-refractivity contribution >= 4 is 6.29 Å². The van der Waals surface area contributed by atoms with Crippen molar-refractivity contribution < 1.29 is 9.90 Å². The quantitative estimate of drug-likeness (QED) is 0.842. The first-order valence-corrected chi connectivity index (χ1v) is 6.19. The van der Waals surface area contributed by atoms with E-state index < -0.39 is 0 Å². The highest BCUT2D eigenvalue weighted by atomic mass is 16.3. The zero-order valence-electron chi connectivity index (χ0n) is 11.6. The van der Waals surface area contributed by atoms with Crippen LogP contribution in [0.1, 0.15) is 42.4 Å². The first kappa shape index (κ1) is 13.3. The number of carbonyl (C=O) groups excluding carboxylic acids is 1. The minimum atomic E-state index is -0.115. The molecule has 1 N–H and O–H groups in total. The third-order valence-corrected chi connectivity index (χ3v) is 3.18. The summed E-state index contributed by atoms with van der Waals surface area (Å²) >= 11 is 0. The van der Waals surface area contributed by atoms with Crippen molar-refractivity contribution in [1.82, 2.24) is 9.78 Å². The van der Waals surface area contributed by atoms with Gasteiger partial charge in [-0.05, 0) is 30.0 Å². The summed E-state index contributed by atoms with van der Waals surface area (Å²) in [6.07, 6.45) is 0.623. The predicted octanol–water partition coefficient (Wildman–Crippen LogP) is 3.00. The van der Waals surface area contributed by atoms with E-state index in [0.29, 0.717) is 12.0 Å². The minimum absolute atomic E-state index is 0.0779. The molecule has 0 saturated heterocycles. The maximum atomic E-state index is 10.9. The van der Waals surface area contributed by atoms with Gasteiger partial charge in [0.1, 0.15) is 0 Å². The Hall–Kier alpha value is -2.10. The summed E-state index contributed by atoms with van der Waals surface area (Å²) in [5.74, 6) is -0.115. The van der Waals surface area contributed by atoms with Crippen LogP contribution in [0, 0.1) is 6.92 Å². The van der Waals surface area contributed by atoms with Crippen LogP contribution in [0.15, 0.2) is 24.3 Å². The van der Waals surface area contributed by atoms with Gasteiger partial charge in [0.25, 0.3) is 0 Å². The van der Waals surface area contributed by atoms with Crippen LogP contribution in [0.2, 0.25) is 0 Å². The maximum Gasteiger partial charge on any atom is 0.225 e. The van der Waals surface area contributed by atoms with Crippen LogP contribution in [0.3, 0.4) is 0 Å². The number of aromatic hydroxyl groups is 1. The molecule has 0 atom stereocenters. The Balaban J connectivity index is 2.46. The topological polar surface area (TPSA) is 55.1 Å². The molecule has 0 unspecified atom stereocenters. The Morgan fingerprint density at radius 3 is 2.21 bits per heavy atom. The van der Waals surface area contributed by atoms with Gasteiger partial charge in [0.15, 0.2) is 6.29 Å². The summed E-state index contributed by atoms with van der Waals surface area (Å²) < 4.78 is 1.38. The van der Waals surface area contributed by atoms with Gasteiger partial charge >= 0.3 is 0 Å². The average molecular weight is 258 g/mol. The van der Waals surface area contributed by atoms with E-state index in [2.05, 4.69) is 25.9 Å². The van der Waals surface area contributed by atoms with Crippen LogP contribution in [-0.4, -0.2) is 21.2 Å². The molecule has 0 aliphatic carbocycles. The fraction of sp³-hybridized carbons (Fsp3) is 0.333. The monoisotopic (exact) mass is 258 g/mol. The molecule has 1 heterocycles. The molecule has 0 aliphatic rings. The molecule has 0 spiro atoms. The van der Waals surface area contributed by atoms with Crippen LogP contribution >= 0.6 is 0 Å². The molecule has 100 valence electrons. The number of aromatic nitrogens is 2. The summed E-state index contributed by atoms with van der Waals surface area (Å²) in [5.41, 5.74) is 2.78. The number of carbonyl (C=O) groups is 1. The van der Waals surface area contributed by atoms with Gasteiger partial charge in [0, 0.05) is 0 Å². The van der Waals surface area contributed by atoms with Gasteiger partial charge in [0.2, 0.25) is 5.88 Å². The fourth-order valence-electron chi connectivity index (χ4n) is 1.95. The van der Waals surface area contributed by atoms with Crippen LogP contribution in [0.5, 0.6) is 5.88 Å². The molecule has 0 aliphatic heterocycles. The summed E-state index contributed by atoms with van der Waals surface area (Å²) in [4.78, 5) is 10.9. The van der Waals surface area contributed by atoms with E-state index in [9.17, 15) is 9.90 Å². The van der Waals surface area contributed by atoms with E-state index >= 15 is 0 Å². The smallest absolute Gasteiger partial charge is 0.225 e. The molecule has 19 heavy (non-hydrogen) atoms. The van der Waals surface area contributed by atoms with E-state index in [4.69, 9.17) is 0 Å². The van der Waals surface area contributed by atoms with Crippen LogP contribution in [-0.2, 0) is 5.41 Å². The maximum absolute atomic E-state index is 10.9. The summed E-state index contributed by atoms with van der Waals surface area (Å²) in [6, 6.07) is 7.79. The minimum Gasteiger partial charge on any atom is -0.493 e. The van der Waals surface area contributed by atoms with Crippen molar-refractivity contribution in [2.45, 2.75) is 33.1 Å². The second-order valence-corrected chi connectivity index (χ2v) is 5.65. The Labute approximate surface area is 112 Å². The lowest BCUT2D eigenvalue weighted by Crippen LogP contribution is -2.10. The second-order valence-electron chi connectivity index (χ2n) is 5.65.